The molecule has 0 bridgehead atoms. The average molecular weight is 297 g/mol. The Labute approximate surface area is 125 Å². The van der Waals surface area contributed by atoms with E-state index >= 15 is 0 Å². The van der Waals surface area contributed by atoms with Crippen LogP contribution in [-0.2, 0) is 0 Å². The van der Waals surface area contributed by atoms with E-state index in [1.54, 1.807) is 0 Å². The summed E-state index contributed by atoms with van der Waals surface area (Å²) in [5, 5.41) is 10.1. The maximum Gasteiger partial charge on any atom is 0.164 e. The van der Waals surface area contributed by atoms with Crippen LogP contribution in [0.2, 0.25) is 0 Å². The Morgan fingerprint density at radius 3 is 2.48 bits per heavy atom. The number of hydrogen-bond acceptors (Lipinski definition) is 2. The minimum Gasteiger partial charge on any atom is -0.388 e. The number of nitrogens with zero attached hydrogens (tertiary/aromatic N) is 1. The predicted molar refractivity (Wildman–Crippen MR) is 80.0 cm³/mol. The number of benzene rings is 1. The lowest BCUT2D eigenvalue weighted by Gasteiger charge is -2.24. The van der Waals surface area contributed by atoms with Gasteiger partial charge in [-0.15, -0.1) is 0 Å². The van der Waals surface area contributed by atoms with E-state index in [4.69, 9.17) is 0 Å². The van der Waals surface area contributed by atoms with Gasteiger partial charge in [-0.3, -0.25) is 0 Å². The Morgan fingerprint density at radius 2 is 1.86 bits per heavy atom. The van der Waals surface area contributed by atoms with Crippen molar-refractivity contribution in [2.75, 3.05) is 13.1 Å². The van der Waals surface area contributed by atoms with Crippen molar-refractivity contribution in [3.8, 4) is 0 Å². The highest BCUT2D eigenvalue weighted by atomic mass is 19.2. The number of aliphatic hydroxyl groups excluding tert-OH is 1. The molecule has 0 saturated heterocycles. The van der Waals surface area contributed by atoms with Gasteiger partial charge in [-0.2, -0.15) is 0 Å². The maximum absolute atomic E-state index is 13.7. The summed E-state index contributed by atoms with van der Waals surface area (Å²) in [5.41, 5.74) is 0.0645. The van der Waals surface area contributed by atoms with E-state index < -0.39 is 17.7 Å². The molecule has 1 aromatic rings. The topological polar surface area (TPSA) is 23.5 Å². The molecule has 1 aliphatic carbocycles. The molecule has 0 aliphatic heterocycles. The summed E-state index contributed by atoms with van der Waals surface area (Å²) >= 11 is 0. The number of aliphatic hydroxyl groups is 1. The molecular formula is C17H25F2NO. The Bertz CT molecular complexity index is 460. The quantitative estimate of drug-likeness (QED) is 0.786. The number of rotatable bonds is 8. The fraction of sp³-hybridized carbons (Fsp3) is 0.647. The van der Waals surface area contributed by atoms with E-state index in [0.29, 0.717) is 18.4 Å². The van der Waals surface area contributed by atoms with Crippen molar-refractivity contribution in [2.24, 2.45) is 5.92 Å². The van der Waals surface area contributed by atoms with Gasteiger partial charge in [0.2, 0.25) is 0 Å². The van der Waals surface area contributed by atoms with Crippen molar-refractivity contribution in [3.63, 3.8) is 0 Å². The lowest BCUT2D eigenvalue weighted by atomic mass is 10.0. The Kier molecular flexibility index (Phi) is 5.71. The van der Waals surface area contributed by atoms with Gasteiger partial charge in [0.05, 0.1) is 6.10 Å². The first-order valence-corrected chi connectivity index (χ1v) is 7.85. The van der Waals surface area contributed by atoms with Crippen LogP contribution in [0.1, 0.15) is 51.2 Å². The summed E-state index contributed by atoms with van der Waals surface area (Å²) in [7, 11) is 0. The molecule has 0 amide bonds. The van der Waals surface area contributed by atoms with E-state index in [1.807, 2.05) is 0 Å². The normalized spacial score (nSPS) is 16.7. The zero-order valence-electron chi connectivity index (χ0n) is 12.9. The molecule has 2 rings (SSSR count). The smallest absolute Gasteiger partial charge is 0.164 e. The SMILES string of the molecule is CC(C)CCN(CCC(O)c1cccc(F)c1F)C1CC1. The highest BCUT2D eigenvalue weighted by Crippen LogP contribution is 2.29. The van der Waals surface area contributed by atoms with Crippen molar-refractivity contribution >= 4 is 0 Å². The van der Waals surface area contributed by atoms with Gasteiger partial charge in [0, 0.05) is 18.2 Å². The van der Waals surface area contributed by atoms with Gasteiger partial charge in [0.1, 0.15) is 0 Å². The summed E-state index contributed by atoms with van der Waals surface area (Å²) in [6.07, 6.45) is 3.04. The van der Waals surface area contributed by atoms with Crippen LogP contribution in [0.5, 0.6) is 0 Å². The van der Waals surface area contributed by atoms with Gasteiger partial charge in [-0.1, -0.05) is 26.0 Å². The third kappa shape index (κ3) is 4.75. The summed E-state index contributed by atoms with van der Waals surface area (Å²) in [6, 6.07) is 4.59. The molecule has 4 heteroatoms. The Morgan fingerprint density at radius 1 is 1.19 bits per heavy atom. The van der Waals surface area contributed by atoms with E-state index in [0.717, 1.165) is 25.6 Å². The van der Waals surface area contributed by atoms with Gasteiger partial charge >= 0.3 is 0 Å². The molecule has 118 valence electrons. The van der Waals surface area contributed by atoms with Crippen LogP contribution in [-0.4, -0.2) is 29.1 Å². The summed E-state index contributed by atoms with van der Waals surface area (Å²) in [5.74, 6) is -1.17. The monoisotopic (exact) mass is 297 g/mol. The second-order valence-electron chi connectivity index (χ2n) is 6.40. The molecule has 1 saturated carbocycles. The minimum atomic E-state index is -0.944. The van der Waals surface area contributed by atoms with E-state index in [2.05, 4.69) is 18.7 Å². The number of hydrogen-bond donors (Lipinski definition) is 1. The highest BCUT2D eigenvalue weighted by molar-refractivity contribution is 5.21. The van der Waals surface area contributed by atoms with E-state index in [1.165, 1.54) is 25.0 Å². The molecule has 1 N–H and O–H groups in total. The third-order valence-electron chi connectivity index (χ3n) is 4.09. The van der Waals surface area contributed by atoms with Gasteiger partial charge < -0.3 is 10.0 Å². The lowest BCUT2D eigenvalue weighted by molar-refractivity contribution is 0.133. The van der Waals surface area contributed by atoms with Gasteiger partial charge in [-0.05, 0) is 44.2 Å². The van der Waals surface area contributed by atoms with Crippen LogP contribution in [0, 0.1) is 17.6 Å². The van der Waals surface area contributed by atoms with Crippen molar-refractivity contribution in [3.05, 3.63) is 35.4 Å². The molecule has 1 atom stereocenters. The standard InChI is InChI=1S/C17H25F2NO/c1-12(2)8-10-20(13-6-7-13)11-9-16(21)14-4-3-5-15(18)17(14)19/h3-5,12-13,16,21H,6-11H2,1-2H3. The van der Waals surface area contributed by atoms with Crippen molar-refractivity contribution in [1.29, 1.82) is 0 Å². The second kappa shape index (κ2) is 7.32. The predicted octanol–water partition coefficient (Wildman–Crippen LogP) is 3.90. The van der Waals surface area contributed by atoms with Crippen LogP contribution in [0.15, 0.2) is 18.2 Å². The first kappa shape index (κ1) is 16.4. The van der Waals surface area contributed by atoms with Crippen LogP contribution >= 0.6 is 0 Å². The van der Waals surface area contributed by atoms with Gasteiger partial charge in [0.15, 0.2) is 11.6 Å². The molecule has 1 unspecified atom stereocenters. The molecule has 0 spiro atoms. The lowest BCUT2D eigenvalue weighted by Crippen LogP contribution is -2.30. The van der Waals surface area contributed by atoms with Crippen molar-refractivity contribution in [2.45, 2.75) is 51.7 Å². The summed E-state index contributed by atoms with van der Waals surface area (Å²) in [4.78, 5) is 2.38. The molecule has 1 aliphatic rings. The Hall–Kier alpha value is -1.00. The van der Waals surface area contributed by atoms with Crippen LogP contribution in [0.25, 0.3) is 0 Å². The maximum atomic E-state index is 13.7. The molecule has 0 heterocycles. The molecule has 0 aromatic heterocycles. The van der Waals surface area contributed by atoms with Crippen LogP contribution in [0.4, 0.5) is 8.78 Å². The van der Waals surface area contributed by atoms with Crippen molar-refractivity contribution in [1.82, 2.24) is 4.90 Å². The van der Waals surface area contributed by atoms with Gasteiger partial charge in [-0.25, -0.2) is 8.78 Å². The van der Waals surface area contributed by atoms with Crippen LogP contribution < -0.4 is 0 Å². The molecular weight excluding hydrogens is 272 g/mol. The van der Waals surface area contributed by atoms with Gasteiger partial charge in [0.25, 0.3) is 0 Å². The molecule has 1 fully saturated rings. The van der Waals surface area contributed by atoms with Crippen LogP contribution in [0.3, 0.4) is 0 Å². The van der Waals surface area contributed by atoms with E-state index in [-0.39, 0.29) is 5.56 Å². The van der Waals surface area contributed by atoms with Crippen molar-refractivity contribution < 1.29 is 13.9 Å². The first-order valence-electron chi connectivity index (χ1n) is 7.85. The first-order chi connectivity index (χ1) is 9.99. The molecule has 0 radical (unpaired) electrons. The molecule has 1 aromatic carbocycles. The second-order valence-corrected chi connectivity index (χ2v) is 6.40. The largest absolute Gasteiger partial charge is 0.388 e. The van der Waals surface area contributed by atoms with E-state index in [9.17, 15) is 13.9 Å². The summed E-state index contributed by atoms with van der Waals surface area (Å²) in [6.45, 7) is 6.14. The minimum absolute atomic E-state index is 0.0645. The molecule has 2 nitrogen and oxygen atoms in total. The zero-order chi connectivity index (χ0) is 15.4. The zero-order valence-corrected chi connectivity index (χ0v) is 12.9. The summed E-state index contributed by atoms with van der Waals surface area (Å²) < 4.78 is 26.8. The average Bonchev–Trinajstić information content (AvgIpc) is 3.26. The highest BCUT2D eigenvalue weighted by Gasteiger charge is 2.29. The Balaban J connectivity index is 1.89. The number of halogens is 2. The third-order valence-corrected chi connectivity index (χ3v) is 4.09. The molecule has 21 heavy (non-hydrogen) atoms. The fourth-order valence-electron chi connectivity index (χ4n) is 2.56. The fourth-order valence-corrected chi connectivity index (χ4v) is 2.56.